The largest absolute Gasteiger partial charge is 0.376 e. The van der Waals surface area contributed by atoms with Gasteiger partial charge in [-0.05, 0) is 48.6 Å². The summed E-state index contributed by atoms with van der Waals surface area (Å²) in [5, 5.41) is 1.50. The molecule has 1 unspecified atom stereocenters. The van der Waals surface area contributed by atoms with Crippen LogP contribution in [0.2, 0.25) is 10.0 Å². The van der Waals surface area contributed by atoms with Crippen molar-refractivity contribution in [1.82, 2.24) is 4.98 Å². The van der Waals surface area contributed by atoms with Crippen LogP contribution in [0.1, 0.15) is 48.5 Å². The molecule has 1 aromatic heterocycles. The number of aromatic nitrogens is 1. The van der Waals surface area contributed by atoms with Crippen molar-refractivity contribution in [3.8, 4) is 0 Å². The quantitative estimate of drug-likeness (QED) is 0.444. The Kier molecular flexibility index (Phi) is 6.11. The van der Waals surface area contributed by atoms with Crippen LogP contribution in [0.15, 0.2) is 36.4 Å². The number of fused-ring (bicyclic) bond motifs is 1. The molecule has 1 aliphatic rings. The van der Waals surface area contributed by atoms with Crippen molar-refractivity contribution in [3.63, 3.8) is 0 Å². The molecule has 0 aliphatic carbocycles. The van der Waals surface area contributed by atoms with E-state index in [2.05, 4.69) is 19.9 Å². The molecule has 1 atom stereocenters. The number of ether oxygens (including phenoxy) is 1. The van der Waals surface area contributed by atoms with Crippen LogP contribution in [0.3, 0.4) is 0 Å². The average Bonchev–Trinajstić information content (AvgIpc) is 3.34. The number of carbonyl (C=O) groups excluding carboxylic acids is 1. The van der Waals surface area contributed by atoms with Gasteiger partial charge >= 0.3 is 0 Å². The molecule has 2 aromatic carbocycles. The highest BCUT2D eigenvalue weighted by Gasteiger charge is 2.28. The third kappa shape index (κ3) is 4.29. The van der Waals surface area contributed by atoms with E-state index >= 15 is 0 Å². The fourth-order valence-corrected chi connectivity index (χ4v) is 5.08. The zero-order valence-corrected chi connectivity index (χ0v) is 18.7. The molecule has 2 heterocycles. The minimum Gasteiger partial charge on any atom is -0.376 e. The Hall–Kier alpha value is -1.66. The van der Waals surface area contributed by atoms with Crippen LogP contribution in [0, 0.1) is 0 Å². The van der Waals surface area contributed by atoms with Gasteiger partial charge in [0.1, 0.15) is 0 Å². The highest BCUT2D eigenvalue weighted by Crippen LogP contribution is 2.35. The summed E-state index contributed by atoms with van der Waals surface area (Å²) in [6.45, 7) is 5.48. The molecule has 1 aliphatic heterocycles. The molecule has 0 spiro atoms. The molecule has 3 aromatic rings. The van der Waals surface area contributed by atoms with Crippen LogP contribution >= 0.6 is 34.5 Å². The first-order valence-electron chi connectivity index (χ1n) is 9.72. The molecule has 152 valence electrons. The van der Waals surface area contributed by atoms with Gasteiger partial charge in [-0.15, -0.1) is 0 Å². The number of hydrogen-bond donors (Lipinski definition) is 0. The predicted octanol–water partition coefficient (Wildman–Crippen LogP) is 6.55. The highest BCUT2D eigenvalue weighted by molar-refractivity contribution is 7.22. The first-order valence-corrected chi connectivity index (χ1v) is 11.3. The molecule has 0 radical (unpaired) electrons. The zero-order valence-electron chi connectivity index (χ0n) is 16.3. The zero-order chi connectivity index (χ0) is 20.5. The number of carbonyl (C=O) groups is 1. The molecule has 1 saturated heterocycles. The second-order valence-corrected chi connectivity index (χ2v) is 9.37. The Morgan fingerprint density at radius 3 is 2.83 bits per heavy atom. The Morgan fingerprint density at radius 1 is 1.31 bits per heavy atom. The fourth-order valence-electron chi connectivity index (χ4n) is 3.59. The summed E-state index contributed by atoms with van der Waals surface area (Å²) in [5.74, 6) is 0.161. The number of hydrogen-bond acceptors (Lipinski definition) is 4. The van der Waals surface area contributed by atoms with Crippen molar-refractivity contribution in [3.05, 3.63) is 57.6 Å². The second kappa shape index (κ2) is 8.60. The molecule has 29 heavy (non-hydrogen) atoms. The van der Waals surface area contributed by atoms with Crippen LogP contribution in [0.4, 0.5) is 5.13 Å². The summed E-state index contributed by atoms with van der Waals surface area (Å²) in [6.07, 6.45) is 1.94. The van der Waals surface area contributed by atoms with Gasteiger partial charge in [-0.25, -0.2) is 4.98 Å². The summed E-state index contributed by atoms with van der Waals surface area (Å²) >= 11 is 13.9. The van der Waals surface area contributed by atoms with Crippen molar-refractivity contribution in [2.75, 3.05) is 18.1 Å². The second-order valence-electron chi connectivity index (χ2n) is 7.52. The standard InChI is InChI=1S/C22H22Cl2N2O2S/c1-13(2)16-6-3-7-19-20(16)25-22(29-19)26(12-15-5-4-10-28-15)21(27)17-9-8-14(23)11-18(17)24/h3,6-9,11,13,15H,4-5,10,12H2,1-2H3. The van der Waals surface area contributed by atoms with Gasteiger partial charge in [0.05, 0.1) is 33.5 Å². The topological polar surface area (TPSA) is 42.4 Å². The fraction of sp³-hybridized carbons (Fsp3) is 0.364. The van der Waals surface area contributed by atoms with Crippen LogP contribution < -0.4 is 4.90 Å². The van der Waals surface area contributed by atoms with E-state index in [4.69, 9.17) is 32.9 Å². The van der Waals surface area contributed by atoms with Crippen molar-refractivity contribution in [1.29, 1.82) is 0 Å². The van der Waals surface area contributed by atoms with Gasteiger partial charge in [-0.2, -0.15) is 0 Å². The van der Waals surface area contributed by atoms with E-state index in [0.717, 1.165) is 29.7 Å². The SMILES string of the molecule is CC(C)c1cccc2sc(N(CC3CCCO3)C(=O)c3ccc(Cl)cc3Cl)nc12. The molecule has 4 rings (SSSR count). The van der Waals surface area contributed by atoms with Crippen LogP contribution in [-0.2, 0) is 4.74 Å². The van der Waals surface area contributed by atoms with Crippen LogP contribution in [0.25, 0.3) is 10.2 Å². The molecular weight excluding hydrogens is 427 g/mol. The summed E-state index contributed by atoms with van der Waals surface area (Å²) in [7, 11) is 0. The number of thiazole rings is 1. The van der Waals surface area contributed by atoms with Crippen molar-refractivity contribution < 1.29 is 9.53 Å². The minimum atomic E-state index is -0.188. The number of nitrogens with zero attached hydrogens (tertiary/aromatic N) is 2. The van der Waals surface area contributed by atoms with Gasteiger partial charge in [0.15, 0.2) is 5.13 Å². The molecule has 0 bridgehead atoms. The summed E-state index contributed by atoms with van der Waals surface area (Å²) in [4.78, 5) is 20.0. The predicted molar refractivity (Wildman–Crippen MR) is 121 cm³/mol. The minimum absolute atomic E-state index is 0.00149. The monoisotopic (exact) mass is 448 g/mol. The van der Waals surface area contributed by atoms with Crippen LogP contribution in [0.5, 0.6) is 0 Å². The lowest BCUT2D eigenvalue weighted by atomic mass is 10.0. The average molecular weight is 449 g/mol. The third-order valence-electron chi connectivity index (χ3n) is 5.11. The van der Waals surface area contributed by atoms with E-state index in [1.807, 2.05) is 12.1 Å². The molecular formula is C22H22Cl2N2O2S. The number of amides is 1. The van der Waals surface area contributed by atoms with E-state index < -0.39 is 0 Å². The first-order chi connectivity index (χ1) is 13.9. The first kappa shape index (κ1) is 20.6. The lowest BCUT2D eigenvalue weighted by Crippen LogP contribution is -2.37. The molecule has 0 N–H and O–H groups in total. The Bertz CT molecular complexity index is 1040. The highest BCUT2D eigenvalue weighted by atomic mass is 35.5. The molecule has 7 heteroatoms. The van der Waals surface area contributed by atoms with Gasteiger partial charge in [0.25, 0.3) is 5.91 Å². The number of anilines is 1. The molecule has 1 amide bonds. The van der Waals surface area contributed by atoms with E-state index in [9.17, 15) is 4.79 Å². The van der Waals surface area contributed by atoms with Gasteiger partial charge in [-0.3, -0.25) is 9.69 Å². The van der Waals surface area contributed by atoms with Crippen molar-refractivity contribution in [2.45, 2.75) is 38.7 Å². The lowest BCUT2D eigenvalue weighted by molar-refractivity contribution is 0.0917. The number of rotatable bonds is 5. The Labute approximate surface area is 184 Å². The maximum absolute atomic E-state index is 13.5. The Morgan fingerprint density at radius 2 is 2.14 bits per heavy atom. The lowest BCUT2D eigenvalue weighted by Gasteiger charge is -2.23. The Balaban J connectivity index is 1.77. The van der Waals surface area contributed by atoms with Crippen molar-refractivity contribution in [2.24, 2.45) is 0 Å². The van der Waals surface area contributed by atoms with Gasteiger partial charge in [0, 0.05) is 11.6 Å². The number of halogens is 2. The number of para-hydroxylation sites is 1. The van der Waals surface area contributed by atoms with Gasteiger partial charge < -0.3 is 4.74 Å². The molecule has 1 fully saturated rings. The smallest absolute Gasteiger partial charge is 0.261 e. The molecule has 4 nitrogen and oxygen atoms in total. The van der Waals surface area contributed by atoms with E-state index in [0.29, 0.717) is 33.2 Å². The van der Waals surface area contributed by atoms with Gasteiger partial charge in [-0.1, -0.05) is 60.5 Å². The number of benzene rings is 2. The van der Waals surface area contributed by atoms with E-state index in [-0.39, 0.29) is 12.0 Å². The van der Waals surface area contributed by atoms with E-state index in [1.54, 1.807) is 23.1 Å². The maximum atomic E-state index is 13.5. The maximum Gasteiger partial charge on any atom is 0.261 e. The van der Waals surface area contributed by atoms with Crippen molar-refractivity contribution >= 4 is 55.8 Å². The normalized spacial score (nSPS) is 16.7. The summed E-state index contributed by atoms with van der Waals surface area (Å²) < 4.78 is 6.87. The van der Waals surface area contributed by atoms with Crippen LogP contribution in [-0.4, -0.2) is 30.1 Å². The van der Waals surface area contributed by atoms with Gasteiger partial charge in [0.2, 0.25) is 0 Å². The van der Waals surface area contributed by atoms with E-state index in [1.165, 1.54) is 16.9 Å². The molecule has 0 saturated carbocycles. The summed E-state index contributed by atoms with van der Waals surface area (Å²) in [6, 6.07) is 11.1. The third-order valence-corrected chi connectivity index (χ3v) is 6.70. The summed E-state index contributed by atoms with van der Waals surface area (Å²) in [5.41, 5.74) is 2.55.